The van der Waals surface area contributed by atoms with E-state index >= 15 is 0 Å². The number of nitro benzene ring substituents is 1. The van der Waals surface area contributed by atoms with Gasteiger partial charge in [0, 0.05) is 29.2 Å². The van der Waals surface area contributed by atoms with Crippen LogP contribution in [0.5, 0.6) is 0 Å². The smallest absolute Gasteiger partial charge is 0.273 e. The van der Waals surface area contributed by atoms with Crippen LogP contribution in [0, 0.1) is 10.1 Å². The summed E-state index contributed by atoms with van der Waals surface area (Å²) in [6.45, 7) is 2.01. The molecule has 0 bridgehead atoms. The van der Waals surface area contributed by atoms with Crippen LogP contribution in [-0.2, 0) is 22.6 Å². The molecule has 0 spiro atoms. The maximum absolute atomic E-state index is 13.4. The van der Waals surface area contributed by atoms with E-state index in [1.165, 1.54) is 11.0 Å². The van der Waals surface area contributed by atoms with E-state index in [0.717, 1.165) is 31.2 Å². The minimum absolute atomic E-state index is 0.109. The molecule has 170 valence electrons. The van der Waals surface area contributed by atoms with E-state index in [9.17, 15) is 19.7 Å². The fraction of sp³-hybridized carbons (Fsp3) is 0.417. The zero-order valence-corrected chi connectivity index (χ0v) is 18.9. The molecule has 1 aliphatic carbocycles. The number of nitrogens with zero attached hydrogens (tertiary/aromatic N) is 2. The molecule has 0 heterocycles. The second-order valence-corrected chi connectivity index (χ2v) is 8.50. The van der Waals surface area contributed by atoms with Crippen LogP contribution in [0.25, 0.3) is 0 Å². The zero-order chi connectivity index (χ0) is 23.1. The number of hydrogen-bond donors (Lipinski definition) is 1. The van der Waals surface area contributed by atoms with Gasteiger partial charge in [0.25, 0.3) is 5.69 Å². The Bertz CT molecular complexity index is 975. The molecule has 0 radical (unpaired) electrons. The number of carbonyl (C=O) groups excluding carboxylic acids is 2. The number of halogens is 1. The molecule has 7 nitrogen and oxygen atoms in total. The Hall–Kier alpha value is -2.93. The van der Waals surface area contributed by atoms with Crippen molar-refractivity contribution in [2.75, 3.05) is 0 Å². The Morgan fingerprint density at radius 3 is 2.38 bits per heavy atom. The number of amides is 2. The van der Waals surface area contributed by atoms with Gasteiger partial charge in [0.05, 0.1) is 11.3 Å². The summed E-state index contributed by atoms with van der Waals surface area (Å²) >= 11 is 6.34. The monoisotopic (exact) mass is 457 g/mol. The van der Waals surface area contributed by atoms with Gasteiger partial charge in [0.1, 0.15) is 6.04 Å². The summed E-state index contributed by atoms with van der Waals surface area (Å²) in [5, 5.41) is 15.0. The first-order valence-corrected chi connectivity index (χ1v) is 11.3. The molecule has 1 N–H and O–H groups in total. The minimum atomic E-state index is -0.692. The normalized spacial score (nSPS) is 14.7. The van der Waals surface area contributed by atoms with Crippen LogP contribution in [0.2, 0.25) is 5.02 Å². The SMILES string of the molecule is CC[C@@H](C(=O)NC1CCCC1)N(Cc1ccccc1Cl)C(=O)Cc1ccccc1[N+](=O)[O-]. The molecule has 1 saturated carbocycles. The number of nitro groups is 1. The van der Waals surface area contributed by atoms with Gasteiger partial charge in [-0.05, 0) is 30.9 Å². The number of hydrogen-bond acceptors (Lipinski definition) is 4. The average molecular weight is 458 g/mol. The van der Waals surface area contributed by atoms with Gasteiger partial charge < -0.3 is 10.2 Å². The molecular formula is C24H28ClN3O4. The largest absolute Gasteiger partial charge is 0.352 e. The topological polar surface area (TPSA) is 92.6 Å². The third kappa shape index (κ3) is 5.85. The lowest BCUT2D eigenvalue weighted by molar-refractivity contribution is -0.385. The van der Waals surface area contributed by atoms with Gasteiger partial charge in [-0.2, -0.15) is 0 Å². The zero-order valence-electron chi connectivity index (χ0n) is 18.1. The Labute approximate surface area is 192 Å². The van der Waals surface area contributed by atoms with E-state index < -0.39 is 11.0 Å². The molecule has 0 unspecified atom stereocenters. The highest BCUT2D eigenvalue weighted by atomic mass is 35.5. The van der Waals surface area contributed by atoms with Crippen molar-refractivity contribution in [1.29, 1.82) is 0 Å². The Balaban J connectivity index is 1.88. The summed E-state index contributed by atoms with van der Waals surface area (Å²) < 4.78 is 0. The number of rotatable bonds is 9. The van der Waals surface area contributed by atoms with Crippen LogP contribution < -0.4 is 5.32 Å². The molecule has 1 atom stereocenters. The third-order valence-corrected chi connectivity index (χ3v) is 6.28. The number of nitrogens with one attached hydrogen (secondary N) is 1. The molecule has 8 heteroatoms. The summed E-state index contributed by atoms with van der Waals surface area (Å²) in [5.41, 5.74) is 0.928. The van der Waals surface area contributed by atoms with Crippen LogP contribution in [-0.4, -0.2) is 33.7 Å². The average Bonchev–Trinajstić information content (AvgIpc) is 3.28. The summed E-state index contributed by atoms with van der Waals surface area (Å²) in [6, 6.07) is 12.8. The first kappa shape index (κ1) is 23.7. The first-order valence-electron chi connectivity index (χ1n) is 11.0. The number of carbonyl (C=O) groups is 2. The molecule has 2 aromatic rings. The Morgan fingerprint density at radius 2 is 1.75 bits per heavy atom. The second kappa shape index (κ2) is 11.1. The van der Waals surface area contributed by atoms with Crippen LogP contribution in [0.3, 0.4) is 0 Å². The molecular weight excluding hydrogens is 430 g/mol. The summed E-state index contributed by atoms with van der Waals surface area (Å²) in [4.78, 5) is 39.0. The van der Waals surface area contributed by atoms with Crippen molar-refractivity contribution >= 4 is 29.1 Å². The summed E-state index contributed by atoms with van der Waals surface area (Å²) in [6.07, 6.45) is 4.30. The molecule has 0 aromatic heterocycles. The van der Waals surface area contributed by atoms with Crippen molar-refractivity contribution in [3.05, 3.63) is 74.8 Å². The van der Waals surface area contributed by atoms with Crippen molar-refractivity contribution in [1.82, 2.24) is 10.2 Å². The van der Waals surface area contributed by atoms with Crippen molar-refractivity contribution in [3.8, 4) is 0 Å². The van der Waals surface area contributed by atoms with E-state index in [1.807, 2.05) is 19.1 Å². The molecule has 3 rings (SSSR count). The van der Waals surface area contributed by atoms with E-state index in [4.69, 9.17) is 11.6 Å². The van der Waals surface area contributed by atoms with Gasteiger partial charge >= 0.3 is 0 Å². The molecule has 2 aromatic carbocycles. The molecule has 0 aliphatic heterocycles. The van der Waals surface area contributed by atoms with E-state index in [1.54, 1.807) is 30.3 Å². The predicted octanol–water partition coefficient (Wildman–Crippen LogP) is 4.66. The van der Waals surface area contributed by atoms with Gasteiger partial charge in [-0.3, -0.25) is 19.7 Å². The lowest BCUT2D eigenvalue weighted by Gasteiger charge is -2.32. The van der Waals surface area contributed by atoms with Gasteiger partial charge in [-0.15, -0.1) is 0 Å². The standard InChI is InChI=1S/C24H28ClN3O4/c1-2-21(24(30)26-19-11-5-6-12-19)27(16-18-10-3-7-13-20(18)25)23(29)15-17-9-4-8-14-22(17)28(31)32/h3-4,7-10,13-14,19,21H,2,5-6,11-12,15-16H2,1H3,(H,26,30)/t21-/m0/s1. The van der Waals surface area contributed by atoms with E-state index in [2.05, 4.69) is 5.32 Å². The van der Waals surface area contributed by atoms with Crippen LogP contribution >= 0.6 is 11.6 Å². The van der Waals surface area contributed by atoms with Gasteiger partial charge in [0.2, 0.25) is 11.8 Å². The van der Waals surface area contributed by atoms with Gasteiger partial charge in [-0.25, -0.2) is 0 Å². The van der Waals surface area contributed by atoms with Gasteiger partial charge in [-0.1, -0.05) is 67.8 Å². The van der Waals surface area contributed by atoms with Crippen molar-refractivity contribution in [2.45, 2.75) is 64.1 Å². The molecule has 0 saturated heterocycles. The lowest BCUT2D eigenvalue weighted by atomic mass is 10.0. The first-order chi connectivity index (χ1) is 15.4. The molecule has 2 amide bonds. The van der Waals surface area contributed by atoms with Crippen molar-refractivity contribution in [3.63, 3.8) is 0 Å². The highest BCUT2D eigenvalue weighted by Gasteiger charge is 2.31. The number of para-hydroxylation sites is 1. The fourth-order valence-electron chi connectivity index (χ4n) is 4.20. The van der Waals surface area contributed by atoms with Crippen LogP contribution in [0.4, 0.5) is 5.69 Å². The van der Waals surface area contributed by atoms with Crippen LogP contribution in [0.1, 0.15) is 50.2 Å². The maximum atomic E-state index is 13.4. The summed E-state index contributed by atoms with van der Waals surface area (Å²) in [5.74, 6) is -0.546. The van der Waals surface area contributed by atoms with Crippen molar-refractivity contribution < 1.29 is 14.5 Å². The number of benzene rings is 2. The third-order valence-electron chi connectivity index (χ3n) is 5.92. The highest BCUT2D eigenvalue weighted by molar-refractivity contribution is 6.31. The Kier molecular flexibility index (Phi) is 8.22. The van der Waals surface area contributed by atoms with Gasteiger partial charge in [0.15, 0.2) is 0 Å². The highest BCUT2D eigenvalue weighted by Crippen LogP contribution is 2.24. The van der Waals surface area contributed by atoms with Crippen molar-refractivity contribution in [2.24, 2.45) is 0 Å². The van der Waals surface area contributed by atoms with Crippen LogP contribution in [0.15, 0.2) is 48.5 Å². The second-order valence-electron chi connectivity index (χ2n) is 8.09. The Morgan fingerprint density at radius 1 is 1.12 bits per heavy atom. The predicted molar refractivity (Wildman–Crippen MR) is 123 cm³/mol. The molecule has 32 heavy (non-hydrogen) atoms. The quantitative estimate of drug-likeness (QED) is 0.438. The molecule has 1 fully saturated rings. The summed E-state index contributed by atoms with van der Waals surface area (Å²) in [7, 11) is 0. The molecule has 1 aliphatic rings. The minimum Gasteiger partial charge on any atom is -0.352 e. The fourth-order valence-corrected chi connectivity index (χ4v) is 4.40. The van der Waals surface area contributed by atoms with E-state index in [0.29, 0.717) is 17.0 Å². The van der Waals surface area contributed by atoms with E-state index in [-0.39, 0.29) is 36.5 Å². The lowest BCUT2D eigenvalue weighted by Crippen LogP contribution is -2.51. The maximum Gasteiger partial charge on any atom is 0.273 e.